The van der Waals surface area contributed by atoms with Crippen LogP contribution >= 0.6 is 27.3 Å². The van der Waals surface area contributed by atoms with Gasteiger partial charge in [0, 0.05) is 10.0 Å². The molecule has 4 heteroatoms. The summed E-state index contributed by atoms with van der Waals surface area (Å²) in [6.45, 7) is 0.337. The van der Waals surface area contributed by atoms with Crippen LogP contribution in [0.25, 0.3) is 6.08 Å². The van der Waals surface area contributed by atoms with Crippen LogP contribution in [0.1, 0.15) is 15.9 Å². The zero-order valence-corrected chi connectivity index (χ0v) is 11.8. The van der Waals surface area contributed by atoms with Gasteiger partial charge >= 0.3 is 0 Å². The number of ether oxygens (including phenoxy) is 1. The lowest BCUT2D eigenvalue weighted by Crippen LogP contribution is -2.18. The quantitative estimate of drug-likeness (QED) is 0.737. The normalized spacial score (nSPS) is 16.5. The first-order chi connectivity index (χ1) is 8.74. The van der Waals surface area contributed by atoms with Gasteiger partial charge in [0.1, 0.15) is 12.4 Å². The lowest BCUT2D eigenvalue weighted by atomic mass is 9.99. The molecule has 2 heterocycles. The van der Waals surface area contributed by atoms with Gasteiger partial charge in [0.2, 0.25) is 0 Å². The van der Waals surface area contributed by atoms with E-state index in [0.29, 0.717) is 23.5 Å². The van der Waals surface area contributed by atoms with Crippen molar-refractivity contribution in [3.8, 4) is 5.75 Å². The Morgan fingerprint density at radius 1 is 1.33 bits per heavy atom. The number of rotatable bonds is 1. The van der Waals surface area contributed by atoms with E-state index >= 15 is 0 Å². The fraction of sp³-hybridized carbons (Fsp3) is 0.0714. The topological polar surface area (TPSA) is 26.3 Å². The Kier molecular flexibility index (Phi) is 3.06. The minimum atomic E-state index is 0.0451. The summed E-state index contributed by atoms with van der Waals surface area (Å²) in [7, 11) is 0. The van der Waals surface area contributed by atoms with Crippen LogP contribution in [0.5, 0.6) is 5.75 Å². The van der Waals surface area contributed by atoms with Gasteiger partial charge in [-0.25, -0.2) is 0 Å². The number of benzene rings is 1. The zero-order chi connectivity index (χ0) is 12.5. The number of hydrogen-bond acceptors (Lipinski definition) is 3. The molecular formula is C14H9BrO2S. The Balaban J connectivity index is 2.01. The average Bonchev–Trinajstić information content (AvgIpc) is 2.86. The molecule has 3 rings (SSSR count). The van der Waals surface area contributed by atoms with Crippen molar-refractivity contribution in [1.82, 2.24) is 0 Å². The monoisotopic (exact) mass is 320 g/mol. The predicted octanol–water partition coefficient (Wildman–Crippen LogP) is 4.17. The zero-order valence-electron chi connectivity index (χ0n) is 9.35. The maximum absolute atomic E-state index is 12.3. The van der Waals surface area contributed by atoms with Crippen molar-refractivity contribution in [2.75, 3.05) is 6.61 Å². The van der Waals surface area contributed by atoms with Crippen LogP contribution in [0.3, 0.4) is 0 Å². The molecule has 18 heavy (non-hydrogen) atoms. The molecule has 0 spiro atoms. The largest absolute Gasteiger partial charge is 0.488 e. The van der Waals surface area contributed by atoms with Crippen molar-refractivity contribution in [3.05, 3.63) is 56.2 Å². The number of carbonyl (C=O) groups is 1. The third-order valence-electron chi connectivity index (χ3n) is 2.75. The maximum atomic E-state index is 12.3. The highest BCUT2D eigenvalue weighted by Crippen LogP contribution is 2.30. The molecule has 0 fully saturated rings. The number of hydrogen-bond donors (Lipinski definition) is 0. The third kappa shape index (κ3) is 2.13. The second-order valence-electron chi connectivity index (χ2n) is 3.98. The molecule has 0 amide bonds. The summed E-state index contributed by atoms with van der Waals surface area (Å²) in [6.07, 6.45) is 1.89. The molecule has 0 bridgehead atoms. The van der Waals surface area contributed by atoms with Gasteiger partial charge in [0.05, 0.1) is 5.56 Å². The minimum Gasteiger partial charge on any atom is -0.488 e. The number of Topliss-reactive ketones (excluding diaryl/α,β-unsaturated/α-hetero) is 1. The second-order valence-corrected chi connectivity index (χ2v) is 5.68. The van der Waals surface area contributed by atoms with E-state index in [0.717, 1.165) is 10.0 Å². The molecule has 0 atom stereocenters. The van der Waals surface area contributed by atoms with Gasteiger partial charge in [0.25, 0.3) is 0 Å². The first kappa shape index (κ1) is 11.7. The average molecular weight is 321 g/mol. The van der Waals surface area contributed by atoms with Gasteiger partial charge in [-0.3, -0.25) is 4.79 Å². The summed E-state index contributed by atoms with van der Waals surface area (Å²) < 4.78 is 6.49. The molecule has 0 saturated carbocycles. The Labute approximate surface area is 117 Å². The third-order valence-corrected chi connectivity index (χ3v) is 3.94. The highest BCUT2D eigenvalue weighted by molar-refractivity contribution is 9.10. The standard InChI is InChI=1S/C14H9BrO2S/c15-11-1-2-13-12(6-11)14(16)10(7-17-13)5-9-3-4-18-8-9/h1-6,8H,7H2. The lowest BCUT2D eigenvalue weighted by molar-refractivity contribution is 0.100. The summed E-state index contributed by atoms with van der Waals surface area (Å²) in [6, 6.07) is 7.48. The Bertz CT molecular complexity index is 629. The van der Waals surface area contributed by atoms with Gasteiger partial charge < -0.3 is 4.74 Å². The fourth-order valence-corrected chi connectivity index (χ4v) is 2.84. The van der Waals surface area contributed by atoms with Crippen molar-refractivity contribution >= 4 is 39.1 Å². The molecule has 1 aromatic carbocycles. The van der Waals surface area contributed by atoms with E-state index in [1.807, 2.05) is 35.0 Å². The predicted molar refractivity (Wildman–Crippen MR) is 76.3 cm³/mol. The van der Waals surface area contributed by atoms with Crippen molar-refractivity contribution in [2.24, 2.45) is 0 Å². The molecule has 0 saturated heterocycles. The maximum Gasteiger partial charge on any atom is 0.196 e. The van der Waals surface area contributed by atoms with Gasteiger partial charge in [-0.2, -0.15) is 11.3 Å². The van der Waals surface area contributed by atoms with E-state index in [1.54, 1.807) is 17.4 Å². The second kappa shape index (κ2) is 4.71. The molecular weight excluding hydrogens is 312 g/mol. The summed E-state index contributed by atoms with van der Waals surface area (Å²) in [4.78, 5) is 12.3. The molecule has 2 aromatic rings. The molecule has 1 aliphatic heterocycles. The highest BCUT2D eigenvalue weighted by Gasteiger charge is 2.23. The lowest BCUT2D eigenvalue weighted by Gasteiger charge is -2.18. The van der Waals surface area contributed by atoms with E-state index in [-0.39, 0.29) is 5.78 Å². The van der Waals surface area contributed by atoms with E-state index in [9.17, 15) is 4.79 Å². The first-order valence-corrected chi connectivity index (χ1v) is 7.17. The Morgan fingerprint density at radius 3 is 3.00 bits per heavy atom. The molecule has 0 aliphatic carbocycles. The Morgan fingerprint density at radius 2 is 2.22 bits per heavy atom. The van der Waals surface area contributed by atoms with Crippen molar-refractivity contribution in [2.45, 2.75) is 0 Å². The number of carbonyl (C=O) groups excluding carboxylic acids is 1. The van der Waals surface area contributed by atoms with E-state index in [4.69, 9.17) is 4.74 Å². The van der Waals surface area contributed by atoms with Crippen LogP contribution < -0.4 is 4.74 Å². The van der Waals surface area contributed by atoms with Crippen LogP contribution in [0, 0.1) is 0 Å². The summed E-state index contributed by atoms with van der Waals surface area (Å²) in [5.41, 5.74) is 2.36. The molecule has 1 aliphatic rings. The van der Waals surface area contributed by atoms with Crippen LogP contribution in [0.15, 0.2) is 45.1 Å². The van der Waals surface area contributed by atoms with E-state index in [2.05, 4.69) is 15.9 Å². The molecule has 90 valence electrons. The fourth-order valence-electron chi connectivity index (χ4n) is 1.87. The van der Waals surface area contributed by atoms with Crippen molar-refractivity contribution < 1.29 is 9.53 Å². The van der Waals surface area contributed by atoms with Gasteiger partial charge in [-0.1, -0.05) is 15.9 Å². The SMILES string of the molecule is O=C1C(=Cc2ccsc2)COc2ccc(Br)cc21. The minimum absolute atomic E-state index is 0.0451. The molecule has 0 radical (unpaired) electrons. The smallest absolute Gasteiger partial charge is 0.196 e. The van der Waals surface area contributed by atoms with Crippen molar-refractivity contribution in [1.29, 1.82) is 0 Å². The number of halogens is 1. The van der Waals surface area contributed by atoms with Crippen LogP contribution in [0.4, 0.5) is 0 Å². The van der Waals surface area contributed by atoms with Crippen LogP contribution in [-0.4, -0.2) is 12.4 Å². The Hall–Kier alpha value is -1.39. The van der Waals surface area contributed by atoms with Gasteiger partial charge in [0.15, 0.2) is 5.78 Å². The van der Waals surface area contributed by atoms with Gasteiger partial charge in [-0.15, -0.1) is 0 Å². The molecule has 1 aromatic heterocycles. The van der Waals surface area contributed by atoms with Crippen LogP contribution in [0.2, 0.25) is 0 Å². The molecule has 0 N–H and O–H groups in total. The first-order valence-electron chi connectivity index (χ1n) is 5.44. The van der Waals surface area contributed by atoms with E-state index < -0.39 is 0 Å². The summed E-state index contributed by atoms with van der Waals surface area (Å²) in [5, 5.41) is 4.00. The van der Waals surface area contributed by atoms with E-state index in [1.165, 1.54) is 0 Å². The highest BCUT2D eigenvalue weighted by atomic mass is 79.9. The number of ketones is 1. The summed E-state index contributed by atoms with van der Waals surface area (Å²) >= 11 is 4.99. The molecule has 0 unspecified atom stereocenters. The number of thiophene rings is 1. The number of fused-ring (bicyclic) bond motifs is 1. The molecule has 2 nitrogen and oxygen atoms in total. The summed E-state index contributed by atoms with van der Waals surface area (Å²) in [5.74, 6) is 0.703. The van der Waals surface area contributed by atoms with Crippen molar-refractivity contribution in [3.63, 3.8) is 0 Å². The van der Waals surface area contributed by atoms with Crippen LogP contribution in [-0.2, 0) is 0 Å². The van der Waals surface area contributed by atoms with Gasteiger partial charge in [-0.05, 0) is 46.7 Å².